The van der Waals surface area contributed by atoms with Gasteiger partial charge in [0.05, 0.1) is 0 Å². The summed E-state index contributed by atoms with van der Waals surface area (Å²) >= 11 is 0. The Balaban J connectivity index is 1.73. The first-order valence-corrected chi connectivity index (χ1v) is 9.59. The van der Waals surface area contributed by atoms with Gasteiger partial charge in [-0.2, -0.15) is 0 Å². The van der Waals surface area contributed by atoms with Gasteiger partial charge in [0.1, 0.15) is 17.7 Å². The van der Waals surface area contributed by atoms with Gasteiger partial charge in [-0.25, -0.2) is 4.39 Å². The van der Waals surface area contributed by atoms with E-state index in [9.17, 15) is 9.50 Å². The molecule has 0 aliphatic carbocycles. The molecule has 0 amide bonds. The van der Waals surface area contributed by atoms with E-state index in [4.69, 9.17) is 4.99 Å². The van der Waals surface area contributed by atoms with E-state index < -0.39 is 0 Å². The number of halogens is 1. The van der Waals surface area contributed by atoms with Gasteiger partial charge in [-0.3, -0.25) is 10.3 Å². The number of benzene rings is 3. The van der Waals surface area contributed by atoms with Crippen LogP contribution in [0.2, 0.25) is 0 Å². The van der Waals surface area contributed by atoms with Crippen LogP contribution < -0.4 is 5.32 Å². The first-order chi connectivity index (χ1) is 13.6. The van der Waals surface area contributed by atoms with Gasteiger partial charge >= 0.3 is 0 Å². The molecule has 1 aliphatic rings. The minimum absolute atomic E-state index is 0.0883. The SMILES string of the molecule is CCc1ccc(C2=NC(c3ccc(F)cc3)NC(c3ccccc3O)C2)cc1. The molecule has 0 fully saturated rings. The topological polar surface area (TPSA) is 44.6 Å². The van der Waals surface area contributed by atoms with Crippen LogP contribution in [0.3, 0.4) is 0 Å². The molecule has 142 valence electrons. The van der Waals surface area contributed by atoms with Crippen molar-refractivity contribution in [2.75, 3.05) is 0 Å². The highest BCUT2D eigenvalue weighted by atomic mass is 19.1. The van der Waals surface area contributed by atoms with E-state index in [0.29, 0.717) is 6.42 Å². The van der Waals surface area contributed by atoms with Crippen molar-refractivity contribution in [2.45, 2.75) is 32.0 Å². The molecule has 2 atom stereocenters. The van der Waals surface area contributed by atoms with E-state index in [1.54, 1.807) is 18.2 Å². The minimum atomic E-state index is -0.306. The molecule has 2 N–H and O–H groups in total. The highest BCUT2D eigenvalue weighted by Crippen LogP contribution is 2.34. The lowest BCUT2D eigenvalue weighted by atomic mass is 9.93. The summed E-state index contributed by atoms with van der Waals surface area (Å²) < 4.78 is 13.4. The third kappa shape index (κ3) is 3.82. The van der Waals surface area contributed by atoms with E-state index in [1.165, 1.54) is 17.7 Å². The maximum Gasteiger partial charge on any atom is 0.126 e. The summed E-state index contributed by atoms with van der Waals surface area (Å²) in [6.45, 7) is 2.13. The molecule has 0 aromatic heterocycles. The molecule has 4 heteroatoms. The standard InChI is InChI=1S/C24H23FN2O/c1-2-16-7-9-17(10-8-16)21-15-22(20-5-3-4-6-23(20)28)27-24(26-21)18-11-13-19(25)14-12-18/h3-14,22,24,27-28H,2,15H2,1H3. The van der Waals surface area contributed by atoms with Gasteiger partial charge in [0, 0.05) is 23.7 Å². The van der Waals surface area contributed by atoms with Crippen molar-refractivity contribution in [1.82, 2.24) is 5.32 Å². The first-order valence-electron chi connectivity index (χ1n) is 9.59. The molecule has 2 unspecified atom stereocenters. The smallest absolute Gasteiger partial charge is 0.126 e. The van der Waals surface area contributed by atoms with Crippen molar-refractivity contribution in [3.05, 3.63) is 101 Å². The van der Waals surface area contributed by atoms with Crippen molar-refractivity contribution in [1.29, 1.82) is 0 Å². The number of phenolic OH excluding ortho intramolecular Hbond substituents is 1. The third-order valence-electron chi connectivity index (χ3n) is 5.23. The number of aromatic hydroxyl groups is 1. The van der Waals surface area contributed by atoms with Gasteiger partial charge < -0.3 is 5.11 Å². The molecule has 4 rings (SSSR count). The van der Waals surface area contributed by atoms with Crippen LogP contribution >= 0.6 is 0 Å². The average molecular weight is 374 g/mol. The van der Waals surface area contributed by atoms with Gasteiger partial charge in [0.25, 0.3) is 0 Å². The molecule has 3 nitrogen and oxygen atoms in total. The van der Waals surface area contributed by atoms with Crippen LogP contribution in [-0.4, -0.2) is 10.8 Å². The van der Waals surface area contributed by atoms with Gasteiger partial charge in [0.15, 0.2) is 0 Å². The number of phenols is 1. The predicted molar refractivity (Wildman–Crippen MR) is 110 cm³/mol. The summed E-state index contributed by atoms with van der Waals surface area (Å²) in [5, 5.41) is 13.9. The zero-order valence-corrected chi connectivity index (χ0v) is 15.8. The molecule has 0 saturated carbocycles. The van der Waals surface area contributed by atoms with E-state index in [-0.39, 0.29) is 23.8 Å². The van der Waals surface area contributed by atoms with E-state index in [1.807, 2.05) is 18.2 Å². The second kappa shape index (κ2) is 7.95. The summed E-state index contributed by atoms with van der Waals surface area (Å²) in [7, 11) is 0. The minimum Gasteiger partial charge on any atom is -0.508 e. The summed E-state index contributed by atoms with van der Waals surface area (Å²) in [5.41, 5.74) is 5.07. The number of hydrogen-bond donors (Lipinski definition) is 2. The largest absolute Gasteiger partial charge is 0.508 e. The molecule has 3 aromatic rings. The zero-order valence-electron chi connectivity index (χ0n) is 15.8. The second-order valence-corrected chi connectivity index (χ2v) is 7.06. The zero-order chi connectivity index (χ0) is 19.5. The maximum atomic E-state index is 13.4. The fraction of sp³-hybridized carbons (Fsp3) is 0.208. The fourth-order valence-electron chi connectivity index (χ4n) is 3.61. The number of rotatable bonds is 4. The van der Waals surface area contributed by atoms with Gasteiger partial charge in [0.2, 0.25) is 0 Å². The lowest BCUT2D eigenvalue weighted by Crippen LogP contribution is -2.33. The lowest BCUT2D eigenvalue weighted by molar-refractivity contribution is 0.412. The Kier molecular flexibility index (Phi) is 5.22. The molecule has 3 aromatic carbocycles. The Morgan fingerprint density at radius 3 is 2.39 bits per heavy atom. The molecule has 0 bridgehead atoms. The molecule has 28 heavy (non-hydrogen) atoms. The fourth-order valence-corrected chi connectivity index (χ4v) is 3.61. The highest BCUT2D eigenvalue weighted by Gasteiger charge is 2.27. The highest BCUT2D eigenvalue weighted by molar-refractivity contribution is 6.01. The number of nitrogens with zero attached hydrogens (tertiary/aromatic N) is 1. The molecular weight excluding hydrogens is 351 g/mol. The van der Waals surface area contributed by atoms with Gasteiger partial charge in [-0.05, 0) is 41.3 Å². The predicted octanol–water partition coefficient (Wildman–Crippen LogP) is 5.32. The Hall–Kier alpha value is -2.98. The summed E-state index contributed by atoms with van der Waals surface area (Å²) in [5.74, 6) is -0.00314. The van der Waals surface area contributed by atoms with Crippen LogP contribution in [0.25, 0.3) is 0 Å². The van der Waals surface area contributed by atoms with E-state index >= 15 is 0 Å². The second-order valence-electron chi connectivity index (χ2n) is 7.06. The Bertz CT molecular complexity index is 980. The number of nitrogens with one attached hydrogen (secondary N) is 1. The molecule has 1 heterocycles. The number of para-hydroxylation sites is 1. The third-order valence-corrected chi connectivity index (χ3v) is 5.23. The lowest BCUT2D eigenvalue weighted by Gasteiger charge is -2.31. The Labute approximate surface area is 164 Å². The quantitative estimate of drug-likeness (QED) is 0.649. The van der Waals surface area contributed by atoms with E-state index in [0.717, 1.165) is 28.8 Å². The summed E-state index contributed by atoms with van der Waals surface area (Å²) in [6, 6.07) is 22.1. The molecule has 0 radical (unpaired) electrons. The van der Waals surface area contributed by atoms with Crippen molar-refractivity contribution in [2.24, 2.45) is 4.99 Å². The van der Waals surface area contributed by atoms with Crippen LogP contribution in [0, 0.1) is 5.82 Å². The van der Waals surface area contributed by atoms with E-state index in [2.05, 4.69) is 36.5 Å². The molecule has 0 spiro atoms. The molecule has 0 saturated heterocycles. The van der Waals surface area contributed by atoms with Crippen molar-refractivity contribution < 1.29 is 9.50 Å². The summed E-state index contributed by atoms with van der Waals surface area (Å²) in [6.07, 6.45) is 1.35. The summed E-state index contributed by atoms with van der Waals surface area (Å²) in [4.78, 5) is 4.91. The van der Waals surface area contributed by atoms with Crippen molar-refractivity contribution >= 4 is 5.71 Å². The molecular formula is C24H23FN2O. The van der Waals surface area contributed by atoms with Crippen LogP contribution in [-0.2, 0) is 6.42 Å². The van der Waals surface area contributed by atoms with Gasteiger partial charge in [-0.1, -0.05) is 61.5 Å². The van der Waals surface area contributed by atoms with Crippen molar-refractivity contribution in [3.63, 3.8) is 0 Å². The maximum absolute atomic E-state index is 13.4. The van der Waals surface area contributed by atoms with Crippen LogP contribution in [0.5, 0.6) is 5.75 Å². The van der Waals surface area contributed by atoms with Crippen LogP contribution in [0.15, 0.2) is 77.8 Å². The van der Waals surface area contributed by atoms with Crippen molar-refractivity contribution in [3.8, 4) is 5.75 Å². The first kappa shape index (κ1) is 18.4. The van der Waals surface area contributed by atoms with Gasteiger partial charge in [-0.15, -0.1) is 0 Å². The number of aryl methyl sites for hydroxylation is 1. The monoisotopic (exact) mass is 374 g/mol. The van der Waals surface area contributed by atoms with Crippen LogP contribution in [0.1, 0.15) is 47.8 Å². The normalized spacial score (nSPS) is 19.3. The average Bonchev–Trinajstić information content (AvgIpc) is 2.74. The molecule has 1 aliphatic heterocycles. The number of aliphatic imine (C=N–C) groups is 1. The van der Waals surface area contributed by atoms with Crippen LogP contribution in [0.4, 0.5) is 4.39 Å². The Morgan fingerprint density at radius 2 is 1.71 bits per heavy atom. The number of hydrogen-bond acceptors (Lipinski definition) is 3. The Morgan fingerprint density at radius 1 is 1.00 bits per heavy atom.